The summed E-state index contributed by atoms with van der Waals surface area (Å²) < 4.78 is 27.4. The molecule has 0 unspecified atom stereocenters. The summed E-state index contributed by atoms with van der Waals surface area (Å²) in [5.74, 6) is -0.325. The van der Waals surface area contributed by atoms with Crippen molar-refractivity contribution >= 4 is 21.6 Å². The number of benzene rings is 3. The zero-order valence-electron chi connectivity index (χ0n) is 18.5. The Labute approximate surface area is 184 Å². The van der Waals surface area contributed by atoms with Gasteiger partial charge in [-0.1, -0.05) is 53.6 Å². The van der Waals surface area contributed by atoms with E-state index >= 15 is 0 Å². The van der Waals surface area contributed by atoms with Gasteiger partial charge in [0, 0.05) is 7.05 Å². The first kappa shape index (κ1) is 22.6. The van der Waals surface area contributed by atoms with Crippen LogP contribution in [0.2, 0.25) is 0 Å². The Kier molecular flexibility index (Phi) is 6.51. The molecule has 0 aromatic heterocycles. The minimum absolute atomic E-state index is 0.180. The number of amides is 1. The summed E-state index contributed by atoms with van der Waals surface area (Å²) in [7, 11) is -2.34. The molecular formula is C25H28N2O3S. The molecule has 1 atom stereocenters. The number of anilines is 1. The van der Waals surface area contributed by atoms with Crippen LogP contribution in [-0.4, -0.2) is 21.4 Å². The summed E-state index contributed by atoms with van der Waals surface area (Å²) in [6, 6.07) is 19.3. The lowest BCUT2D eigenvalue weighted by molar-refractivity contribution is 0.0940. The smallest absolute Gasteiger partial charge is 0.264 e. The molecule has 0 heterocycles. The number of hydrogen-bond acceptors (Lipinski definition) is 3. The molecule has 0 spiro atoms. The fraction of sp³-hybridized carbons (Fsp3) is 0.240. The maximum absolute atomic E-state index is 13.1. The summed E-state index contributed by atoms with van der Waals surface area (Å²) in [5, 5.41) is 3.01. The van der Waals surface area contributed by atoms with Gasteiger partial charge in [0.15, 0.2) is 0 Å². The van der Waals surface area contributed by atoms with Crippen LogP contribution in [0, 0.1) is 20.8 Å². The molecule has 1 N–H and O–H groups in total. The Morgan fingerprint density at radius 1 is 0.903 bits per heavy atom. The monoisotopic (exact) mass is 436 g/mol. The van der Waals surface area contributed by atoms with Gasteiger partial charge in [0.05, 0.1) is 22.2 Å². The zero-order chi connectivity index (χ0) is 22.8. The van der Waals surface area contributed by atoms with E-state index in [-0.39, 0.29) is 16.8 Å². The number of carbonyl (C=O) groups excluding carboxylic acids is 1. The fourth-order valence-corrected chi connectivity index (χ4v) is 4.82. The minimum Gasteiger partial charge on any atom is -0.345 e. The molecule has 0 aliphatic rings. The lowest BCUT2D eigenvalue weighted by Gasteiger charge is -2.23. The highest BCUT2D eigenvalue weighted by atomic mass is 32.2. The maximum atomic E-state index is 13.1. The van der Waals surface area contributed by atoms with Crippen LogP contribution < -0.4 is 9.62 Å². The molecule has 3 aromatic carbocycles. The molecule has 3 aromatic rings. The highest BCUT2D eigenvalue weighted by molar-refractivity contribution is 7.92. The number of para-hydroxylation sites is 1. The normalized spacial score (nSPS) is 12.3. The lowest BCUT2D eigenvalue weighted by atomic mass is 10.00. The van der Waals surface area contributed by atoms with Crippen LogP contribution in [0.5, 0.6) is 0 Å². The third-order valence-corrected chi connectivity index (χ3v) is 7.19. The second-order valence-corrected chi connectivity index (χ2v) is 9.83. The van der Waals surface area contributed by atoms with Gasteiger partial charge < -0.3 is 5.32 Å². The van der Waals surface area contributed by atoms with Gasteiger partial charge in [0.25, 0.3) is 15.9 Å². The van der Waals surface area contributed by atoms with Gasteiger partial charge in [-0.3, -0.25) is 9.10 Å². The summed E-state index contributed by atoms with van der Waals surface area (Å²) in [5.41, 5.74) is 4.89. The maximum Gasteiger partial charge on any atom is 0.264 e. The van der Waals surface area contributed by atoms with E-state index in [1.807, 2.05) is 39.8 Å². The van der Waals surface area contributed by atoms with Gasteiger partial charge in [-0.25, -0.2) is 8.42 Å². The Balaban J connectivity index is 1.90. The van der Waals surface area contributed by atoms with Gasteiger partial charge in [-0.2, -0.15) is 0 Å². The van der Waals surface area contributed by atoms with Crippen molar-refractivity contribution in [1.82, 2.24) is 5.32 Å². The number of carbonyl (C=O) groups is 1. The SMILES string of the molecule is Cc1ccc(S(=O)(=O)N(C)c2ccccc2C(=O)N[C@@H](C)c2ccc(C)cc2C)cc1. The number of rotatable bonds is 6. The number of nitrogens with zero attached hydrogens (tertiary/aromatic N) is 1. The lowest BCUT2D eigenvalue weighted by Crippen LogP contribution is -2.32. The molecule has 3 rings (SSSR count). The second kappa shape index (κ2) is 8.94. The van der Waals surface area contributed by atoms with Crippen molar-refractivity contribution in [2.75, 3.05) is 11.4 Å². The molecule has 5 nitrogen and oxygen atoms in total. The predicted octanol–water partition coefficient (Wildman–Crippen LogP) is 4.93. The molecule has 0 radical (unpaired) electrons. The third-order valence-electron chi connectivity index (χ3n) is 5.41. The van der Waals surface area contributed by atoms with Crippen molar-refractivity contribution in [3.63, 3.8) is 0 Å². The van der Waals surface area contributed by atoms with Gasteiger partial charge in [-0.05, 0) is 63.1 Å². The van der Waals surface area contributed by atoms with Crippen molar-refractivity contribution in [2.45, 2.75) is 38.6 Å². The van der Waals surface area contributed by atoms with Crippen LogP contribution in [0.15, 0.2) is 71.6 Å². The van der Waals surface area contributed by atoms with Crippen molar-refractivity contribution in [1.29, 1.82) is 0 Å². The van der Waals surface area contributed by atoms with Crippen LogP contribution in [0.4, 0.5) is 5.69 Å². The van der Waals surface area contributed by atoms with Crippen molar-refractivity contribution in [3.8, 4) is 0 Å². The first-order valence-electron chi connectivity index (χ1n) is 10.1. The molecule has 0 aliphatic carbocycles. The fourth-order valence-electron chi connectivity index (χ4n) is 3.60. The molecule has 1 amide bonds. The van der Waals surface area contributed by atoms with Gasteiger partial charge in [0.2, 0.25) is 0 Å². The van der Waals surface area contributed by atoms with Crippen LogP contribution in [-0.2, 0) is 10.0 Å². The minimum atomic E-state index is -3.80. The summed E-state index contributed by atoms with van der Waals surface area (Å²) >= 11 is 0. The molecule has 162 valence electrons. The van der Waals surface area contributed by atoms with Crippen molar-refractivity contribution in [2.24, 2.45) is 0 Å². The van der Waals surface area contributed by atoms with Crippen LogP contribution >= 0.6 is 0 Å². The number of nitrogens with one attached hydrogen (secondary N) is 1. The molecule has 6 heteroatoms. The average Bonchev–Trinajstić information content (AvgIpc) is 2.73. The Morgan fingerprint density at radius 2 is 1.52 bits per heavy atom. The third kappa shape index (κ3) is 4.80. The first-order valence-corrected chi connectivity index (χ1v) is 11.6. The number of sulfonamides is 1. The Bertz CT molecular complexity index is 1200. The highest BCUT2D eigenvalue weighted by Crippen LogP contribution is 2.27. The molecule has 0 saturated carbocycles. The van der Waals surface area contributed by atoms with E-state index in [9.17, 15) is 13.2 Å². The molecule has 31 heavy (non-hydrogen) atoms. The van der Waals surface area contributed by atoms with E-state index in [2.05, 4.69) is 11.4 Å². The van der Waals surface area contributed by atoms with Gasteiger partial charge in [-0.15, -0.1) is 0 Å². The largest absolute Gasteiger partial charge is 0.345 e. The van der Waals surface area contributed by atoms with Gasteiger partial charge in [0.1, 0.15) is 0 Å². The molecule has 0 fully saturated rings. The van der Waals surface area contributed by atoms with Crippen molar-refractivity contribution in [3.05, 3.63) is 94.5 Å². The predicted molar refractivity (Wildman–Crippen MR) is 125 cm³/mol. The summed E-state index contributed by atoms with van der Waals surface area (Å²) in [6.45, 7) is 7.86. The summed E-state index contributed by atoms with van der Waals surface area (Å²) in [6.07, 6.45) is 0. The van der Waals surface area contributed by atoms with E-state index in [4.69, 9.17) is 0 Å². The van der Waals surface area contributed by atoms with Crippen LogP contribution in [0.3, 0.4) is 0 Å². The van der Waals surface area contributed by atoms with E-state index in [0.717, 1.165) is 26.6 Å². The van der Waals surface area contributed by atoms with Crippen LogP contribution in [0.25, 0.3) is 0 Å². The zero-order valence-corrected chi connectivity index (χ0v) is 19.3. The molecule has 0 saturated heterocycles. The van der Waals surface area contributed by atoms with Crippen molar-refractivity contribution < 1.29 is 13.2 Å². The van der Waals surface area contributed by atoms with Crippen LogP contribution in [0.1, 0.15) is 45.6 Å². The van der Waals surface area contributed by atoms with E-state index in [1.165, 1.54) is 7.05 Å². The highest BCUT2D eigenvalue weighted by Gasteiger charge is 2.25. The van der Waals surface area contributed by atoms with Gasteiger partial charge >= 0.3 is 0 Å². The van der Waals surface area contributed by atoms with E-state index < -0.39 is 10.0 Å². The topological polar surface area (TPSA) is 66.5 Å². The first-order chi connectivity index (χ1) is 14.6. The molecular weight excluding hydrogens is 408 g/mol. The number of aryl methyl sites for hydroxylation is 3. The quantitative estimate of drug-likeness (QED) is 0.596. The average molecular weight is 437 g/mol. The molecule has 0 bridgehead atoms. The molecule has 0 aliphatic heterocycles. The second-order valence-electron chi connectivity index (χ2n) is 7.86. The Morgan fingerprint density at radius 3 is 2.16 bits per heavy atom. The number of hydrogen-bond donors (Lipinski definition) is 1. The Hall–Kier alpha value is -3.12. The van der Waals surface area contributed by atoms with E-state index in [1.54, 1.807) is 48.5 Å². The standard InChI is InChI=1S/C25H28N2O3S/c1-17-10-13-21(14-11-17)31(29,30)27(5)24-9-7-6-8-23(24)25(28)26-20(4)22-15-12-18(2)16-19(22)3/h6-16,20H,1-5H3,(H,26,28)/t20-/m0/s1. The summed E-state index contributed by atoms with van der Waals surface area (Å²) in [4.78, 5) is 13.3. The van der Waals surface area contributed by atoms with E-state index in [0.29, 0.717) is 11.3 Å².